The van der Waals surface area contributed by atoms with Crippen LogP contribution < -0.4 is 14.2 Å². The zero-order valence-electron chi connectivity index (χ0n) is 10.2. The summed E-state index contributed by atoms with van der Waals surface area (Å²) < 4.78 is 16.1. The zero-order valence-corrected chi connectivity index (χ0v) is 10.2. The Bertz CT molecular complexity index is 370. The molecule has 0 unspecified atom stereocenters. The van der Waals surface area contributed by atoms with E-state index in [4.69, 9.17) is 14.2 Å². The lowest BCUT2D eigenvalue weighted by atomic mass is 10.1. The second kappa shape index (κ2) is 6.05. The molecule has 1 aromatic rings. The molecule has 0 aromatic heterocycles. The van der Waals surface area contributed by atoms with Gasteiger partial charge in [-0.05, 0) is 26.0 Å². The van der Waals surface area contributed by atoms with Crippen molar-refractivity contribution in [2.24, 2.45) is 0 Å². The van der Waals surface area contributed by atoms with Gasteiger partial charge in [0, 0.05) is 0 Å². The van der Waals surface area contributed by atoms with Crippen molar-refractivity contribution >= 4 is 6.08 Å². The van der Waals surface area contributed by atoms with Gasteiger partial charge < -0.3 is 14.2 Å². The summed E-state index contributed by atoms with van der Waals surface area (Å²) in [6, 6.07) is 3.73. The highest BCUT2D eigenvalue weighted by atomic mass is 16.5. The minimum Gasteiger partial charge on any atom is -0.493 e. The Morgan fingerprint density at radius 3 is 2.31 bits per heavy atom. The molecule has 0 bridgehead atoms. The molecule has 0 saturated heterocycles. The number of hydrogen-bond donors (Lipinski definition) is 0. The quantitative estimate of drug-likeness (QED) is 0.766. The third kappa shape index (κ3) is 2.48. The first-order chi connectivity index (χ1) is 7.78. The molecule has 1 rings (SSSR count). The lowest BCUT2D eigenvalue weighted by Gasteiger charge is -2.14. The van der Waals surface area contributed by atoms with Gasteiger partial charge in [0.2, 0.25) is 0 Å². The molecule has 1 aromatic carbocycles. The number of rotatable bonds is 5. The monoisotopic (exact) mass is 222 g/mol. The van der Waals surface area contributed by atoms with Gasteiger partial charge in [-0.2, -0.15) is 0 Å². The van der Waals surface area contributed by atoms with Crippen LogP contribution in [-0.2, 0) is 0 Å². The average molecular weight is 222 g/mol. The standard InChI is InChI=1S/C13H18O3/c1-5-7-10-11(16-6-2)8-9-12(14-3)13(10)15-4/h5,7-9H,6H2,1-4H3/b7-5-. The van der Waals surface area contributed by atoms with E-state index in [0.717, 1.165) is 11.3 Å². The number of ether oxygens (including phenoxy) is 3. The van der Waals surface area contributed by atoms with Gasteiger partial charge in [0.1, 0.15) is 5.75 Å². The van der Waals surface area contributed by atoms with Crippen molar-refractivity contribution in [1.29, 1.82) is 0 Å². The van der Waals surface area contributed by atoms with Crippen molar-refractivity contribution < 1.29 is 14.2 Å². The van der Waals surface area contributed by atoms with Crippen LogP contribution in [0.5, 0.6) is 17.2 Å². The SMILES string of the molecule is C/C=C\c1c(OCC)ccc(OC)c1OC. The molecule has 0 fully saturated rings. The van der Waals surface area contributed by atoms with Crippen LogP contribution in [0.4, 0.5) is 0 Å². The van der Waals surface area contributed by atoms with Gasteiger partial charge in [0.05, 0.1) is 26.4 Å². The van der Waals surface area contributed by atoms with E-state index in [-0.39, 0.29) is 0 Å². The Hall–Kier alpha value is -1.64. The lowest BCUT2D eigenvalue weighted by molar-refractivity contribution is 0.326. The first-order valence-corrected chi connectivity index (χ1v) is 5.28. The highest BCUT2D eigenvalue weighted by Crippen LogP contribution is 2.38. The summed E-state index contributed by atoms with van der Waals surface area (Å²) in [4.78, 5) is 0. The molecule has 0 atom stereocenters. The maximum Gasteiger partial charge on any atom is 0.171 e. The predicted octanol–water partition coefficient (Wildman–Crippen LogP) is 3.14. The predicted molar refractivity (Wildman–Crippen MR) is 65.4 cm³/mol. The highest BCUT2D eigenvalue weighted by molar-refractivity contribution is 5.68. The molecule has 0 heterocycles. The smallest absolute Gasteiger partial charge is 0.171 e. The fraction of sp³-hybridized carbons (Fsp3) is 0.385. The Labute approximate surface area is 96.6 Å². The van der Waals surface area contributed by atoms with Crippen LogP contribution >= 0.6 is 0 Å². The van der Waals surface area contributed by atoms with E-state index in [1.165, 1.54) is 0 Å². The topological polar surface area (TPSA) is 27.7 Å². The van der Waals surface area contributed by atoms with Crippen LogP contribution in [0.25, 0.3) is 6.08 Å². The van der Waals surface area contributed by atoms with E-state index >= 15 is 0 Å². The van der Waals surface area contributed by atoms with Gasteiger partial charge in [0.25, 0.3) is 0 Å². The molecule has 3 heteroatoms. The first kappa shape index (κ1) is 12.4. The molecule has 0 spiro atoms. The summed E-state index contributed by atoms with van der Waals surface area (Å²) >= 11 is 0. The number of benzene rings is 1. The summed E-state index contributed by atoms with van der Waals surface area (Å²) in [5, 5.41) is 0. The van der Waals surface area contributed by atoms with E-state index in [9.17, 15) is 0 Å². The maximum atomic E-state index is 5.54. The first-order valence-electron chi connectivity index (χ1n) is 5.28. The molecule has 0 aliphatic carbocycles. The van der Waals surface area contributed by atoms with Crippen LogP contribution in [0.2, 0.25) is 0 Å². The van der Waals surface area contributed by atoms with E-state index in [2.05, 4.69) is 0 Å². The zero-order chi connectivity index (χ0) is 12.0. The Morgan fingerprint density at radius 2 is 1.81 bits per heavy atom. The van der Waals surface area contributed by atoms with Crippen LogP contribution in [0, 0.1) is 0 Å². The minimum absolute atomic E-state index is 0.625. The Balaban J connectivity index is 3.31. The van der Waals surface area contributed by atoms with Crippen molar-refractivity contribution in [3.8, 4) is 17.2 Å². The Kier molecular flexibility index (Phi) is 4.70. The molecule has 3 nitrogen and oxygen atoms in total. The molecule has 0 aliphatic rings. The minimum atomic E-state index is 0.625. The van der Waals surface area contributed by atoms with Crippen molar-refractivity contribution in [2.45, 2.75) is 13.8 Å². The van der Waals surface area contributed by atoms with Crippen LogP contribution in [0.15, 0.2) is 18.2 Å². The average Bonchev–Trinajstić information content (AvgIpc) is 2.31. The molecule has 0 saturated carbocycles. The summed E-state index contributed by atoms with van der Waals surface area (Å²) in [5.74, 6) is 2.21. The van der Waals surface area contributed by atoms with E-state index < -0.39 is 0 Å². The summed E-state index contributed by atoms with van der Waals surface area (Å²) in [6.07, 6.45) is 3.89. The van der Waals surface area contributed by atoms with Gasteiger partial charge in [-0.25, -0.2) is 0 Å². The fourth-order valence-corrected chi connectivity index (χ4v) is 1.54. The summed E-state index contributed by atoms with van der Waals surface area (Å²) in [5.41, 5.74) is 0.909. The molecular formula is C13H18O3. The van der Waals surface area contributed by atoms with Gasteiger partial charge in [-0.1, -0.05) is 12.2 Å². The number of allylic oxidation sites excluding steroid dienone is 1. The normalized spacial score (nSPS) is 10.5. The van der Waals surface area contributed by atoms with Crippen molar-refractivity contribution in [3.63, 3.8) is 0 Å². The third-order valence-electron chi connectivity index (χ3n) is 2.18. The molecule has 88 valence electrons. The molecule has 0 aliphatic heterocycles. The maximum absolute atomic E-state index is 5.54. The van der Waals surface area contributed by atoms with E-state index in [1.807, 2.05) is 38.1 Å². The summed E-state index contributed by atoms with van der Waals surface area (Å²) in [7, 11) is 3.25. The van der Waals surface area contributed by atoms with Gasteiger partial charge >= 0.3 is 0 Å². The largest absolute Gasteiger partial charge is 0.493 e. The highest BCUT2D eigenvalue weighted by Gasteiger charge is 2.13. The van der Waals surface area contributed by atoms with Gasteiger partial charge in [0.15, 0.2) is 11.5 Å². The molecule has 0 amide bonds. The number of hydrogen-bond acceptors (Lipinski definition) is 3. The van der Waals surface area contributed by atoms with E-state index in [0.29, 0.717) is 18.1 Å². The molecular weight excluding hydrogens is 204 g/mol. The third-order valence-corrected chi connectivity index (χ3v) is 2.18. The van der Waals surface area contributed by atoms with Crippen LogP contribution in [0.3, 0.4) is 0 Å². The summed E-state index contributed by atoms with van der Waals surface area (Å²) in [6.45, 7) is 4.53. The Morgan fingerprint density at radius 1 is 1.12 bits per heavy atom. The lowest BCUT2D eigenvalue weighted by Crippen LogP contribution is -1.98. The van der Waals surface area contributed by atoms with Gasteiger partial charge in [-0.15, -0.1) is 0 Å². The van der Waals surface area contributed by atoms with Gasteiger partial charge in [-0.3, -0.25) is 0 Å². The van der Waals surface area contributed by atoms with Crippen LogP contribution in [-0.4, -0.2) is 20.8 Å². The molecule has 0 radical (unpaired) electrons. The number of methoxy groups -OCH3 is 2. The van der Waals surface area contributed by atoms with Crippen molar-refractivity contribution in [1.82, 2.24) is 0 Å². The fourth-order valence-electron chi connectivity index (χ4n) is 1.54. The van der Waals surface area contributed by atoms with Crippen molar-refractivity contribution in [2.75, 3.05) is 20.8 Å². The molecule has 0 N–H and O–H groups in total. The van der Waals surface area contributed by atoms with Crippen LogP contribution in [0.1, 0.15) is 19.4 Å². The van der Waals surface area contributed by atoms with E-state index in [1.54, 1.807) is 14.2 Å². The molecule has 16 heavy (non-hydrogen) atoms. The second-order valence-electron chi connectivity index (χ2n) is 3.15. The van der Waals surface area contributed by atoms with Crippen molar-refractivity contribution in [3.05, 3.63) is 23.8 Å². The second-order valence-corrected chi connectivity index (χ2v) is 3.15.